The van der Waals surface area contributed by atoms with Gasteiger partial charge in [0.05, 0.1) is 0 Å². The molecule has 2 heteroatoms. The predicted octanol–water partition coefficient (Wildman–Crippen LogP) is 1.43. The quantitative estimate of drug-likeness (QED) is 0.737. The van der Waals surface area contributed by atoms with Crippen LogP contribution in [-0.2, 0) is 23.2 Å². The molecule has 0 nitrogen and oxygen atoms in total. The van der Waals surface area contributed by atoms with E-state index in [0.717, 1.165) is 0 Å². The maximum absolute atomic E-state index is 2.35. The van der Waals surface area contributed by atoms with Crippen LogP contribution in [0, 0.1) is 0 Å². The fourth-order valence-corrected chi connectivity index (χ4v) is 6.25. The summed E-state index contributed by atoms with van der Waals surface area (Å²) in [7, 11) is 0. The van der Waals surface area contributed by atoms with Gasteiger partial charge >= 0.3 is 105 Å². The third kappa shape index (κ3) is 3.08. The number of rotatable bonds is 4. The maximum atomic E-state index is 2.35. The first-order valence-corrected chi connectivity index (χ1v) is 8.35. The Hall–Kier alpha value is 0.133. The van der Waals surface area contributed by atoms with Crippen LogP contribution in [0.2, 0.25) is 0 Å². The van der Waals surface area contributed by atoms with Gasteiger partial charge in [-0.25, -0.2) is 0 Å². The molecule has 0 unspecified atom stereocenters. The number of halogens is 1. The SMILES string of the molecule is CCC1=[C]([Zr+2][C]2=C(CC)C=CC2)CC=C1.[Cl-].[H-]. The fraction of sp³-hybridized carbons (Fsp3) is 0.429. The zero-order valence-electron chi connectivity index (χ0n) is 11.0. The summed E-state index contributed by atoms with van der Waals surface area (Å²) in [6, 6.07) is 0. The molecule has 0 amide bonds. The van der Waals surface area contributed by atoms with E-state index in [1.54, 1.807) is 11.1 Å². The summed E-state index contributed by atoms with van der Waals surface area (Å²) >= 11 is -0.417. The Balaban J connectivity index is 0.00000128. The van der Waals surface area contributed by atoms with Gasteiger partial charge in [-0.3, -0.25) is 0 Å². The van der Waals surface area contributed by atoms with E-state index in [-0.39, 0.29) is 13.8 Å². The molecule has 0 spiro atoms. The summed E-state index contributed by atoms with van der Waals surface area (Å²) in [5.41, 5.74) is 3.30. The van der Waals surface area contributed by atoms with Crippen LogP contribution in [0.15, 0.2) is 42.0 Å². The molecule has 16 heavy (non-hydrogen) atoms. The second-order valence-electron chi connectivity index (χ2n) is 4.05. The minimum atomic E-state index is -0.417. The van der Waals surface area contributed by atoms with Crippen LogP contribution in [0.5, 0.6) is 0 Å². The van der Waals surface area contributed by atoms with E-state index in [1.807, 2.05) is 6.56 Å². The third-order valence-corrected chi connectivity index (χ3v) is 7.19. The zero-order valence-corrected chi connectivity index (χ0v) is 13.2. The second kappa shape index (κ2) is 6.77. The van der Waals surface area contributed by atoms with Crippen molar-refractivity contribution >= 4 is 0 Å². The minimum absolute atomic E-state index is 0. The van der Waals surface area contributed by atoms with Crippen molar-refractivity contribution in [2.45, 2.75) is 39.5 Å². The Labute approximate surface area is 118 Å². The molecule has 0 fully saturated rings. The van der Waals surface area contributed by atoms with E-state index < -0.39 is 23.2 Å². The van der Waals surface area contributed by atoms with E-state index >= 15 is 0 Å². The normalized spacial score (nSPS) is 18.1. The van der Waals surface area contributed by atoms with Crippen molar-refractivity contribution in [1.29, 1.82) is 0 Å². The van der Waals surface area contributed by atoms with E-state index in [4.69, 9.17) is 0 Å². The van der Waals surface area contributed by atoms with Gasteiger partial charge in [-0.2, -0.15) is 0 Å². The predicted molar refractivity (Wildman–Crippen MR) is 63.3 cm³/mol. The van der Waals surface area contributed by atoms with Crippen molar-refractivity contribution in [3.05, 3.63) is 42.0 Å². The summed E-state index contributed by atoms with van der Waals surface area (Å²) in [6.45, 7) is 4.57. The average molecular weight is 314 g/mol. The monoisotopic (exact) mass is 312 g/mol. The smallest absolute Gasteiger partial charge is 1.00 e. The molecule has 0 N–H and O–H groups in total. The number of hydrogen-bond acceptors (Lipinski definition) is 0. The molecule has 0 saturated carbocycles. The van der Waals surface area contributed by atoms with Crippen molar-refractivity contribution in [1.82, 2.24) is 0 Å². The summed E-state index contributed by atoms with van der Waals surface area (Å²) in [6.07, 6.45) is 14.4. The summed E-state index contributed by atoms with van der Waals surface area (Å²) in [5.74, 6) is 0. The van der Waals surface area contributed by atoms with Crippen LogP contribution in [-0.4, -0.2) is 0 Å². The van der Waals surface area contributed by atoms with Crippen molar-refractivity contribution in [3.63, 3.8) is 0 Å². The molecule has 0 aromatic heterocycles. The fourth-order valence-electron chi connectivity index (χ4n) is 2.21. The van der Waals surface area contributed by atoms with Crippen LogP contribution in [0.25, 0.3) is 0 Å². The van der Waals surface area contributed by atoms with Gasteiger partial charge in [-0.15, -0.1) is 0 Å². The molecule has 86 valence electrons. The molecule has 0 heterocycles. The molecule has 0 radical (unpaired) electrons. The molecule has 2 rings (SSSR count). The van der Waals surface area contributed by atoms with Crippen LogP contribution < -0.4 is 12.4 Å². The molecule has 0 aromatic carbocycles. The van der Waals surface area contributed by atoms with Crippen LogP contribution in [0.3, 0.4) is 0 Å². The van der Waals surface area contributed by atoms with Crippen LogP contribution in [0.1, 0.15) is 41.0 Å². The first kappa shape index (κ1) is 14.2. The Bertz CT molecular complexity index is 342. The topological polar surface area (TPSA) is 0 Å². The van der Waals surface area contributed by atoms with Gasteiger partial charge in [-0.05, 0) is 0 Å². The standard InChI is InChI=1S/2C7H9.ClH.Zr.H/c2*1-2-7-5-3-4-6-7;;;/h2*3,5H,2,4H2,1H3;1H;;/q;;;+2;-1/p-1. The molecular weight excluding hydrogens is 295 g/mol. The van der Waals surface area contributed by atoms with E-state index in [1.165, 1.54) is 25.7 Å². The first-order valence-electron chi connectivity index (χ1n) is 5.89. The van der Waals surface area contributed by atoms with Gasteiger partial charge in [0, 0.05) is 0 Å². The molecule has 0 aliphatic heterocycles. The van der Waals surface area contributed by atoms with E-state index in [0.29, 0.717) is 0 Å². The van der Waals surface area contributed by atoms with Crippen molar-refractivity contribution in [2.75, 3.05) is 0 Å². The van der Waals surface area contributed by atoms with Gasteiger partial charge in [0.15, 0.2) is 0 Å². The molecular formula is C14H19ClZr. The van der Waals surface area contributed by atoms with Gasteiger partial charge in [0.2, 0.25) is 0 Å². The summed E-state index contributed by atoms with van der Waals surface area (Å²) < 4.78 is 3.65. The van der Waals surface area contributed by atoms with Gasteiger partial charge in [0.1, 0.15) is 0 Å². The Kier molecular flexibility index (Phi) is 6.00. The minimum Gasteiger partial charge on any atom is -1.00 e. The van der Waals surface area contributed by atoms with Gasteiger partial charge in [0.25, 0.3) is 0 Å². The van der Waals surface area contributed by atoms with Crippen LogP contribution >= 0.6 is 0 Å². The summed E-state index contributed by atoms with van der Waals surface area (Å²) in [5, 5.41) is 0. The van der Waals surface area contributed by atoms with E-state index in [2.05, 4.69) is 38.2 Å². The Morgan fingerprint density at radius 3 is 1.81 bits per heavy atom. The molecule has 0 aromatic rings. The Morgan fingerprint density at radius 2 is 1.44 bits per heavy atom. The largest absolute Gasteiger partial charge is 1.00 e. The molecule has 2 aliphatic carbocycles. The van der Waals surface area contributed by atoms with Gasteiger partial charge < -0.3 is 13.8 Å². The zero-order chi connectivity index (χ0) is 10.7. The number of allylic oxidation sites excluding steroid dienone is 8. The van der Waals surface area contributed by atoms with Crippen molar-refractivity contribution in [3.8, 4) is 0 Å². The third-order valence-electron chi connectivity index (χ3n) is 3.12. The second-order valence-corrected chi connectivity index (χ2v) is 7.63. The van der Waals surface area contributed by atoms with Crippen molar-refractivity contribution < 1.29 is 37.1 Å². The van der Waals surface area contributed by atoms with Crippen LogP contribution in [0.4, 0.5) is 0 Å². The van der Waals surface area contributed by atoms with Crippen molar-refractivity contribution in [2.24, 2.45) is 0 Å². The molecule has 0 bridgehead atoms. The van der Waals surface area contributed by atoms with Gasteiger partial charge in [-0.1, -0.05) is 0 Å². The molecule has 0 atom stereocenters. The van der Waals surface area contributed by atoms with E-state index in [9.17, 15) is 0 Å². The molecule has 0 saturated heterocycles. The Morgan fingerprint density at radius 1 is 1.00 bits per heavy atom. The maximum Gasteiger partial charge on any atom is -1.00 e. The average Bonchev–Trinajstić information content (AvgIpc) is 2.87. The first-order chi connectivity index (χ1) is 7.35. The number of hydrogen-bond donors (Lipinski definition) is 0. The molecule has 2 aliphatic rings. The summed E-state index contributed by atoms with van der Waals surface area (Å²) in [4.78, 5) is 0.